The third-order valence-electron chi connectivity index (χ3n) is 2.77. The molecule has 0 atom stereocenters. The van der Waals surface area contributed by atoms with Crippen LogP contribution in [0, 0.1) is 6.92 Å². The van der Waals surface area contributed by atoms with E-state index in [2.05, 4.69) is 24.4 Å². The van der Waals surface area contributed by atoms with Crippen molar-refractivity contribution >= 4 is 11.0 Å². The van der Waals surface area contributed by atoms with E-state index >= 15 is 0 Å². The molecule has 2 nitrogen and oxygen atoms in total. The Morgan fingerprint density at radius 2 is 2.07 bits per heavy atom. The van der Waals surface area contributed by atoms with Gasteiger partial charge in [-0.3, -0.25) is 0 Å². The van der Waals surface area contributed by atoms with E-state index in [4.69, 9.17) is 4.42 Å². The van der Waals surface area contributed by atoms with Gasteiger partial charge in [0, 0.05) is 11.8 Å². The highest BCUT2D eigenvalue weighted by Gasteiger charge is 2.08. The fourth-order valence-corrected chi connectivity index (χ4v) is 1.89. The molecule has 2 rings (SSSR count). The Labute approximate surface area is 90.3 Å². The fraction of sp³-hybridized carbons (Fsp3) is 0.385. The summed E-state index contributed by atoms with van der Waals surface area (Å²) in [6, 6.07) is 8.23. The molecule has 0 spiro atoms. The maximum absolute atomic E-state index is 5.82. The van der Waals surface area contributed by atoms with Crippen molar-refractivity contribution in [2.45, 2.75) is 19.8 Å². The lowest BCUT2D eigenvalue weighted by atomic mass is 10.1. The second-order valence-electron chi connectivity index (χ2n) is 3.85. The van der Waals surface area contributed by atoms with E-state index in [-0.39, 0.29) is 0 Å². The summed E-state index contributed by atoms with van der Waals surface area (Å²) in [7, 11) is 1.98. The lowest BCUT2D eigenvalue weighted by Crippen LogP contribution is -2.08. The van der Waals surface area contributed by atoms with E-state index < -0.39 is 0 Å². The number of hydrogen-bond acceptors (Lipinski definition) is 2. The zero-order valence-electron chi connectivity index (χ0n) is 9.34. The van der Waals surface area contributed by atoms with Crippen molar-refractivity contribution in [1.29, 1.82) is 0 Å². The molecule has 0 bridgehead atoms. The van der Waals surface area contributed by atoms with Crippen molar-refractivity contribution < 1.29 is 4.42 Å². The minimum Gasteiger partial charge on any atom is -0.461 e. The largest absolute Gasteiger partial charge is 0.461 e. The van der Waals surface area contributed by atoms with E-state index in [1.54, 1.807) is 0 Å². The molecule has 0 fully saturated rings. The zero-order valence-corrected chi connectivity index (χ0v) is 9.34. The summed E-state index contributed by atoms with van der Waals surface area (Å²) in [5, 5.41) is 4.40. The average Bonchev–Trinajstić information content (AvgIpc) is 2.57. The predicted octanol–water partition coefficient (Wildman–Crippen LogP) is 2.89. The Morgan fingerprint density at radius 3 is 2.80 bits per heavy atom. The molecule has 2 aromatic rings. The molecule has 1 aromatic heterocycles. The second kappa shape index (κ2) is 4.49. The van der Waals surface area contributed by atoms with Gasteiger partial charge in [-0.2, -0.15) is 0 Å². The van der Waals surface area contributed by atoms with Gasteiger partial charge in [-0.25, -0.2) is 0 Å². The highest BCUT2D eigenvalue weighted by atomic mass is 16.3. The van der Waals surface area contributed by atoms with Crippen molar-refractivity contribution in [2.75, 3.05) is 13.6 Å². The van der Waals surface area contributed by atoms with Crippen LogP contribution in [0.1, 0.15) is 17.7 Å². The first-order valence-corrected chi connectivity index (χ1v) is 5.44. The Kier molecular flexibility index (Phi) is 3.07. The van der Waals surface area contributed by atoms with Crippen LogP contribution >= 0.6 is 0 Å². The first-order chi connectivity index (χ1) is 7.33. The van der Waals surface area contributed by atoms with Gasteiger partial charge < -0.3 is 9.73 Å². The number of nitrogens with one attached hydrogen (secondary N) is 1. The van der Waals surface area contributed by atoms with Gasteiger partial charge in [0.05, 0.1) is 0 Å². The maximum Gasteiger partial charge on any atom is 0.134 e. The number of aryl methyl sites for hydroxylation is 2. The third-order valence-corrected chi connectivity index (χ3v) is 2.77. The standard InChI is InChI=1S/C13H17NO/c1-10-11-6-3-4-7-13(11)15-12(10)8-5-9-14-2/h3-4,6-7,14H,5,8-9H2,1-2H3. The van der Waals surface area contributed by atoms with E-state index in [1.807, 2.05) is 19.2 Å². The number of fused-ring (bicyclic) bond motifs is 1. The van der Waals surface area contributed by atoms with Crippen LogP contribution in [0.25, 0.3) is 11.0 Å². The van der Waals surface area contributed by atoms with Crippen LogP contribution in [0.15, 0.2) is 28.7 Å². The van der Waals surface area contributed by atoms with Crippen molar-refractivity contribution in [1.82, 2.24) is 5.32 Å². The van der Waals surface area contributed by atoms with Gasteiger partial charge in [0.2, 0.25) is 0 Å². The van der Waals surface area contributed by atoms with Crippen molar-refractivity contribution in [3.8, 4) is 0 Å². The molecule has 1 aromatic carbocycles. The summed E-state index contributed by atoms with van der Waals surface area (Å²) in [6.45, 7) is 3.18. The van der Waals surface area contributed by atoms with Crippen molar-refractivity contribution in [2.24, 2.45) is 0 Å². The molecule has 0 saturated heterocycles. The monoisotopic (exact) mass is 203 g/mol. The Balaban J connectivity index is 2.24. The number of rotatable bonds is 4. The predicted molar refractivity (Wildman–Crippen MR) is 63.2 cm³/mol. The maximum atomic E-state index is 5.82. The summed E-state index contributed by atoms with van der Waals surface area (Å²) >= 11 is 0. The first-order valence-electron chi connectivity index (χ1n) is 5.44. The lowest BCUT2D eigenvalue weighted by Gasteiger charge is -1.98. The topological polar surface area (TPSA) is 25.2 Å². The minimum atomic E-state index is 1.01. The zero-order chi connectivity index (χ0) is 10.7. The minimum absolute atomic E-state index is 1.01. The van der Waals surface area contributed by atoms with Crippen molar-refractivity contribution in [3.05, 3.63) is 35.6 Å². The molecular weight excluding hydrogens is 186 g/mol. The number of furan rings is 1. The van der Waals surface area contributed by atoms with Crippen LogP contribution in [0.3, 0.4) is 0 Å². The van der Waals surface area contributed by atoms with Gasteiger partial charge in [0.1, 0.15) is 11.3 Å². The van der Waals surface area contributed by atoms with Gasteiger partial charge in [-0.15, -0.1) is 0 Å². The van der Waals surface area contributed by atoms with Gasteiger partial charge in [-0.05, 0) is 38.6 Å². The molecule has 0 aliphatic carbocycles. The SMILES string of the molecule is CNCCCc1oc2ccccc2c1C. The summed E-state index contributed by atoms with van der Waals surface area (Å²) in [5.74, 6) is 1.13. The van der Waals surface area contributed by atoms with Crippen LogP contribution in [0.4, 0.5) is 0 Å². The molecule has 15 heavy (non-hydrogen) atoms. The fourth-order valence-electron chi connectivity index (χ4n) is 1.89. The summed E-state index contributed by atoms with van der Waals surface area (Å²) < 4.78 is 5.82. The normalized spacial score (nSPS) is 11.1. The molecular formula is C13H17NO. The molecule has 1 heterocycles. The quantitative estimate of drug-likeness (QED) is 0.773. The van der Waals surface area contributed by atoms with E-state index in [0.29, 0.717) is 0 Å². The van der Waals surface area contributed by atoms with Crippen LogP contribution in [-0.4, -0.2) is 13.6 Å². The molecule has 0 aliphatic rings. The Bertz CT molecular complexity index is 445. The van der Waals surface area contributed by atoms with E-state index in [9.17, 15) is 0 Å². The summed E-state index contributed by atoms with van der Waals surface area (Å²) in [4.78, 5) is 0. The van der Waals surface area contributed by atoms with Gasteiger partial charge in [-0.1, -0.05) is 18.2 Å². The van der Waals surface area contributed by atoms with Crippen LogP contribution in [0.5, 0.6) is 0 Å². The highest BCUT2D eigenvalue weighted by Crippen LogP contribution is 2.25. The first kappa shape index (κ1) is 10.2. The third kappa shape index (κ3) is 2.05. The summed E-state index contributed by atoms with van der Waals surface area (Å²) in [6.07, 6.45) is 2.14. The van der Waals surface area contributed by atoms with Gasteiger partial charge in [0.15, 0.2) is 0 Å². The molecule has 0 amide bonds. The van der Waals surface area contributed by atoms with Crippen LogP contribution in [-0.2, 0) is 6.42 Å². The molecule has 0 saturated carbocycles. The summed E-state index contributed by atoms with van der Waals surface area (Å²) in [5.41, 5.74) is 2.30. The Morgan fingerprint density at radius 1 is 1.27 bits per heavy atom. The van der Waals surface area contributed by atoms with Crippen molar-refractivity contribution in [3.63, 3.8) is 0 Å². The number of benzene rings is 1. The van der Waals surface area contributed by atoms with Crippen LogP contribution in [0.2, 0.25) is 0 Å². The number of hydrogen-bond donors (Lipinski definition) is 1. The molecule has 80 valence electrons. The van der Waals surface area contributed by atoms with E-state index in [0.717, 1.165) is 30.7 Å². The smallest absolute Gasteiger partial charge is 0.134 e. The number of para-hydroxylation sites is 1. The van der Waals surface area contributed by atoms with Gasteiger partial charge in [0.25, 0.3) is 0 Å². The molecule has 1 N–H and O–H groups in total. The van der Waals surface area contributed by atoms with E-state index in [1.165, 1.54) is 10.9 Å². The lowest BCUT2D eigenvalue weighted by molar-refractivity contribution is 0.530. The molecule has 2 heteroatoms. The second-order valence-corrected chi connectivity index (χ2v) is 3.85. The van der Waals surface area contributed by atoms with Gasteiger partial charge >= 0.3 is 0 Å². The molecule has 0 unspecified atom stereocenters. The van der Waals surface area contributed by atoms with Crippen LogP contribution < -0.4 is 5.32 Å². The molecule has 0 aliphatic heterocycles. The average molecular weight is 203 g/mol. The molecule has 0 radical (unpaired) electrons. The highest BCUT2D eigenvalue weighted by molar-refractivity contribution is 5.81. The Hall–Kier alpha value is -1.28.